The first kappa shape index (κ1) is 12.8. The Kier molecular flexibility index (Phi) is 3.51. The van der Waals surface area contributed by atoms with E-state index in [2.05, 4.69) is 10.2 Å². The van der Waals surface area contributed by atoms with E-state index in [1.165, 1.54) is 11.3 Å². The van der Waals surface area contributed by atoms with E-state index in [0.717, 1.165) is 17.1 Å². The summed E-state index contributed by atoms with van der Waals surface area (Å²) in [4.78, 5) is 1.69. The average molecular weight is 273 g/mol. The van der Waals surface area contributed by atoms with Gasteiger partial charge < -0.3 is 4.90 Å². The monoisotopic (exact) mass is 273 g/mol. The van der Waals surface area contributed by atoms with Crippen molar-refractivity contribution in [3.8, 4) is 0 Å². The van der Waals surface area contributed by atoms with Crippen molar-refractivity contribution >= 4 is 16.5 Å². The first-order valence-electron chi connectivity index (χ1n) is 5.12. The molecule has 2 rings (SSSR count). The van der Waals surface area contributed by atoms with Gasteiger partial charge in [-0.3, -0.25) is 0 Å². The molecule has 0 saturated heterocycles. The third-order valence-corrected chi connectivity index (χ3v) is 3.26. The summed E-state index contributed by atoms with van der Waals surface area (Å²) in [7, 11) is 1.72. The summed E-state index contributed by atoms with van der Waals surface area (Å²) in [5, 5.41) is 9.19. The molecular weight excluding hydrogens is 263 g/mol. The molecule has 0 atom stereocenters. The zero-order chi connectivity index (χ0) is 13.3. The van der Waals surface area contributed by atoms with Crippen LogP contribution >= 0.6 is 11.3 Å². The van der Waals surface area contributed by atoms with Crippen LogP contribution < -0.4 is 4.90 Å². The highest BCUT2D eigenvalue weighted by Gasteiger charge is 2.13. The predicted octanol–water partition coefficient (Wildman–Crippen LogP) is 2.90. The lowest BCUT2D eigenvalue weighted by Crippen LogP contribution is -2.16. The van der Waals surface area contributed by atoms with Gasteiger partial charge in [-0.1, -0.05) is 11.3 Å². The summed E-state index contributed by atoms with van der Waals surface area (Å²) in [5.74, 6) is -3.83. The van der Waals surface area contributed by atoms with Gasteiger partial charge in [-0.05, 0) is 24.6 Å². The topological polar surface area (TPSA) is 29.0 Å². The molecule has 2 aromatic rings. The van der Waals surface area contributed by atoms with Gasteiger partial charge in [0.15, 0.2) is 17.5 Å². The minimum Gasteiger partial charge on any atom is -0.345 e. The molecule has 0 radical (unpaired) electrons. The zero-order valence-electron chi connectivity index (χ0n) is 9.75. The standard InChI is InChI=1S/C11H10F3N3S/c1-6-15-16-11(18-6)17(2)5-7-3-8(12)10(14)9(13)4-7/h3-4H,5H2,1-2H3. The van der Waals surface area contributed by atoms with Crippen LogP contribution in [0, 0.1) is 24.4 Å². The van der Waals surface area contributed by atoms with Crippen LogP contribution in [-0.4, -0.2) is 17.2 Å². The molecular formula is C11H10F3N3S. The van der Waals surface area contributed by atoms with Crippen molar-refractivity contribution in [2.75, 3.05) is 11.9 Å². The van der Waals surface area contributed by atoms with Crippen LogP contribution in [0.3, 0.4) is 0 Å². The van der Waals surface area contributed by atoms with Gasteiger partial charge >= 0.3 is 0 Å². The van der Waals surface area contributed by atoms with Gasteiger partial charge in [0.25, 0.3) is 0 Å². The van der Waals surface area contributed by atoms with Crippen LogP contribution in [0.1, 0.15) is 10.6 Å². The Morgan fingerprint density at radius 2 is 1.78 bits per heavy atom. The second-order valence-electron chi connectivity index (χ2n) is 3.83. The number of rotatable bonds is 3. The van der Waals surface area contributed by atoms with Crippen molar-refractivity contribution < 1.29 is 13.2 Å². The first-order valence-corrected chi connectivity index (χ1v) is 5.93. The van der Waals surface area contributed by atoms with Gasteiger partial charge in [0.05, 0.1) is 0 Å². The van der Waals surface area contributed by atoms with Crippen LogP contribution in [0.15, 0.2) is 12.1 Å². The Hall–Kier alpha value is -1.63. The first-order chi connectivity index (χ1) is 8.47. The molecule has 3 nitrogen and oxygen atoms in total. The number of benzene rings is 1. The number of hydrogen-bond acceptors (Lipinski definition) is 4. The Bertz CT molecular complexity index is 547. The van der Waals surface area contributed by atoms with Crippen molar-refractivity contribution in [3.63, 3.8) is 0 Å². The molecule has 0 fully saturated rings. The minimum absolute atomic E-state index is 0.225. The molecule has 0 bridgehead atoms. The van der Waals surface area contributed by atoms with E-state index in [-0.39, 0.29) is 6.54 Å². The highest BCUT2D eigenvalue weighted by Crippen LogP contribution is 2.21. The highest BCUT2D eigenvalue weighted by molar-refractivity contribution is 7.15. The van der Waals surface area contributed by atoms with E-state index in [1.54, 1.807) is 11.9 Å². The van der Waals surface area contributed by atoms with Crippen molar-refractivity contribution in [1.29, 1.82) is 0 Å². The average Bonchev–Trinajstić information content (AvgIpc) is 2.72. The highest BCUT2D eigenvalue weighted by atomic mass is 32.1. The molecule has 0 amide bonds. The second-order valence-corrected chi connectivity index (χ2v) is 4.99. The summed E-state index contributed by atoms with van der Waals surface area (Å²) in [6.07, 6.45) is 0. The van der Waals surface area contributed by atoms with Crippen LogP contribution in [0.5, 0.6) is 0 Å². The molecule has 18 heavy (non-hydrogen) atoms. The molecule has 1 aromatic carbocycles. The number of halogens is 3. The van der Waals surface area contributed by atoms with Gasteiger partial charge in [0.2, 0.25) is 5.13 Å². The van der Waals surface area contributed by atoms with Crippen LogP contribution in [-0.2, 0) is 6.54 Å². The lowest BCUT2D eigenvalue weighted by molar-refractivity contribution is 0.445. The predicted molar refractivity (Wildman–Crippen MR) is 63.1 cm³/mol. The lowest BCUT2D eigenvalue weighted by Gasteiger charge is -2.15. The molecule has 0 aliphatic heterocycles. The van der Waals surface area contributed by atoms with Crippen LogP contribution in [0.2, 0.25) is 0 Å². The number of nitrogens with zero attached hydrogens (tertiary/aromatic N) is 3. The maximum atomic E-state index is 13.0. The normalized spacial score (nSPS) is 10.7. The Balaban J connectivity index is 2.19. The van der Waals surface area contributed by atoms with E-state index in [0.29, 0.717) is 10.7 Å². The van der Waals surface area contributed by atoms with Gasteiger partial charge in [0, 0.05) is 13.6 Å². The Morgan fingerprint density at radius 1 is 1.17 bits per heavy atom. The minimum atomic E-state index is -1.45. The number of hydrogen-bond donors (Lipinski definition) is 0. The fourth-order valence-corrected chi connectivity index (χ4v) is 2.13. The Morgan fingerprint density at radius 3 is 2.28 bits per heavy atom. The molecule has 0 aliphatic rings. The van der Waals surface area contributed by atoms with E-state index in [9.17, 15) is 13.2 Å². The van der Waals surface area contributed by atoms with E-state index >= 15 is 0 Å². The molecule has 0 N–H and O–H groups in total. The molecule has 0 spiro atoms. The number of aryl methyl sites for hydroxylation is 1. The third kappa shape index (κ3) is 2.61. The third-order valence-electron chi connectivity index (χ3n) is 2.31. The van der Waals surface area contributed by atoms with Crippen molar-refractivity contribution in [3.05, 3.63) is 40.2 Å². The summed E-state index contributed by atoms with van der Waals surface area (Å²) >= 11 is 1.37. The lowest BCUT2D eigenvalue weighted by atomic mass is 10.2. The smallest absolute Gasteiger partial charge is 0.208 e. The SMILES string of the molecule is Cc1nnc(N(C)Cc2cc(F)c(F)c(F)c2)s1. The van der Waals surface area contributed by atoms with Crippen molar-refractivity contribution in [2.24, 2.45) is 0 Å². The fraction of sp³-hybridized carbons (Fsp3) is 0.273. The van der Waals surface area contributed by atoms with Gasteiger partial charge in [-0.25, -0.2) is 13.2 Å². The molecule has 96 valence electrons. The number of anilines is 1. The summed E-state index contributed by atoms with van der Waals surface area (Å²) in [6, 6.07) is 1.95. The van der Waals surface area contributed by atoms with E-state index < -0.39 is 17.5 Å². The van der Waals surface area contributed by atoms with E-state index in [4.69, 9.17) is 0 Å². The molecule has 0 unspecified atom stereocenters. The van der Waals surface area contributed by atoms with Crippen molar-refractivity contribution in [2.45, 2.75) is 13.5 Å². The Labute approximate surface area is 106 Å². The summed E-state index contributed by atoms with van der Waals surface area (Å²) in [6.45, 7) is 2.04. The molecule has 1 aromatic heterocycles. The maximum absolute atomic E-state index is 13.0. The van der Waals surface area contributed by atoms with Gasteiger partial charge in [-0.2, -0.15) is 0 Å². The maximum Gasteiger partial charge on any atom is 0.208 e. The summed E-state index contributed by atoms with van der Waals surface area (Å²) < 4.78 is 38.9. The second kappa shape index (κ2) is 4.93. The van der Waals surface area contributed by atoms with Crippen LogP contribution in [0.25, 0.3) is 0 Å². The summed E-state index contributed by atoms with van der Waals surface area (Å²) in [5.41, 5.74) is 0.335. The molecule has 0 aliphatic carbocycles. The quantitative estimate of drug-likeness (QED) is 0.805. The van der Waals surface area contributed by atoms with E-state index in [1.807, 2.05) is 6.92 Å². The van der Waals surface area contributed by atoms with Gasteiger partial charge in [0.1, 0.15) is 5.01 Å². The fourth-order valence-electron chi connectivity index (χ4n) is 1.48. The largest absolute Gasteiger partial charge is 0.345 e. The number of aromatic nitrogens is 2. The molecule has 0 saturated carbocycles. The van der Waals surface area contributed by atoms with Crippen molar-refractivity contribution in [1.82, 2.24) is 10.2 Å². The van der Waals surface area contributed by atoms with Crippen LogP contribution in [0.4, 0.5) is 18.3 Å². The van der Waals surface area contributed by atoms with Gasteiger partial charge in [-0.15, -0.1) is 10.2 Å². The zero-order valence-corrected chi connectivity index (χ0v) is 10.6. The molecule has 1 heterocycles. The molecule has 7 heteroatoms.